The molecule has 0 saturated heterocycles. The normalized spacial score (nSPS) is 12.9. The predicted octanol–water partition coefficient (Wildman–Crippen LogP) is 6.17. The van der Waals surface area contributed by atoms with Crippen molar-refractivity contribution in [2.24, 2.45) is 4.99 Å². The monoisotopic (exact) mass is 871 g/mol. The Morgan fingerprint density at radius 2 is 1.42 bits per heavy atom. The number of nitrogens with zero attached hydrogens (tertiary/aromatic N) is 6. The van der Waals surface area contributed by atoms with E-state index < -0.39 is 65.1 Å². The Labute approximate surface area is 328 Å². The number of hydrogen-bond donors (Lipinski definition) is 5. The van der Waals surface area contributed by atoms with Gasteiger partial charge in [-0.3, -0.25) is 14.1 Å². The van der Waals surface area contributed by atoms with E-state index in [2.05, 4.69) is 45.9 Å². The molecule has 57 heavy (non-hydrogen) atoms. The maximum absolute atomic E-state index is 13.9. The number of nitrogens with one attached hydrogen (secondary N) is 3. The van der Waals surface area contributed by atoms with Crippen molar-refractivity contribution in [3.63, 3.8) is 0 Å². The van der Waals surface area contributed by atoms with Crippen LogP contribution in [-0.4, -0.2) is 70.5 Å². The molecule has 25 heteroatoms. The van der Waals surface area contributed by atoms with Crippen LogP contribution < -0.4 is 26.0 Å². The van der Waals surface area contributed by atoms with Crippen LogP contribution in [-0.2, 0) is 26.7 Å². The Kier molecular flexibility index (Phi) is 10.8. The Morgan fingerprint density at radius 3 is 2.05 bits per heavy atom. The average molecular weight is 873 g/mol. The molecule has 298 valence electrons. The van der Waals surface area contributed by atoms with Crippen molar-refractivity contribution < 1.29 is 52.7 Å². The van der Waals surface area contributed by atoms with E-state index in [0.717, 1.165) is 12.7 Å². The maximum Gasteiger partial charge on any atom is 0.300 e. The van der Waals surface area contributed by atoms with Gasteiger partial charge in [-0.1, -0.05) is 29.3 Å². The lowest BCUT2D eigenvalue weighted by molar-refractivity contribution is 0.446. The van der Waals surface area contributed by atoms with Gasteiger partial charge in [-0.2, -0.15) is 34.4 Å². The van der Waals surface area contributed by atoms with Gasteiger partial charge in [0.05, 0.1) is 11.0 Å². The third-order valence-electron chi connectivity index (χ3n) is 8.27. The number of fused-ring (bicyclic) bond motifs is 4. The third-order valence-corrected chi connectivity index (χ3v) is 10.9. The van der Waals surface area contributed by atoms with Crippen molar-refractivity contribution in [2.45, 2.75) is 29.1 Å². The molecular weight excluding hydrogens is 849 g/mol. The number of aryl methyl sites for hydroxylation is 1. The molecule has 3 aliphatic rings. The summed E-state index contributed by atoms with van der Waals surface area (Å²) in [6.07, 6.45) is 1.97. The summed E-state index contributed by atoms with van der Waals surface area (Å²) in [7, 11) is -10.0. The Morgan fingerprint density at radius 1 is 0.789 bits per heavy atom. The summed E-state index contributed by atoms with van der Waals surface area (Å²) in [6.45, 7) is -0.0101. The fraction of sp³-hybridized carbons (Fsp3) is 0.188. The van der Waals surface area contributed by atoms with E-state index in [1.54, 1.807) is 0 Å². The minimum atomic E-state index is -5.04. The minimum Gasteiger partial charge on any atom is -0.450 e. The van der Waals surface area contributed by atoms with Gasteiger partial charge in [0.2, 0.25) is 11.6 Å². The van der Waals surface area contributed by atoms with Crippen LogP contribution in [0.3, 0.4) is 0 Å². The zero-order valence-corrected chi connectivity index (χ0v) is 31.5. The summed E-state index contributed by atoms with van der Waals surface area (Å²) in [5.41, 5.74) is -0.568. The molecule has 0 atom stereocenters. The van der Waals surface area contributed by atoms with Crippen molar-refractivity contribution in [3.8, 4) is 23.0 Å². The van der Waals surface area contributed by atoms with Crippen LogP contribution in [0.2, 0.25) is 10.0 Å². The first-order chi connectivity index (χ1) is 27.0. The van der Waals surface area contributed by atoms with Gasteiger partial charge in [-0.25, -0.2) is 24.9 Å². The number of aromatic nitrogens is 5. The van der Waals surface area contributed by atoms with Crippen molar-refractivity contribution in [3.05, 3.63) is 81.4 Å². The van der Waals surface area contributed by atoms with Gasteiger partial charge in [-0.15, -0.1) is 0 Å². The number of rotatable bonds is 12. The molecular formula is C32H23Cl2F4N9O8S2. The largest absolute Gasteiger partial charge is 0.450 e. The van der Waals surface area contributed by atoms with Gasteiger partial charge in [0.15, 0.2) is 39.4 Å². The Hall–Kier alpha value is -5.46. The van der Waals surface area contributed by atoms with Crippen molar-refractivity contribution in [2.75, 3.05) is 35.6 Å². The smallest absolute Gasteiger partial charge is 0.300 e. The summed E-state index contributed by atoms with van der Waals surface area (Å²) < 4.78 is 138. The molecule has 0 radical (unpaired) electrons. The van der Waals surface area contributed by atoms with Gasteiger partial charge < -0.3 is 25.1 Å². The van der Waals surface area contributed by atoms with Crippen LogP contribution in [0.1, 0.15) is 18.4 Å². The highest BCUT2D eigenvalue weighted by Gasteiger charge is 2.34. The van der Waals surface area contributed by atoms with Gasteiger partial charge in [0.25, 0.3) is 22.0 Å². The molecule has 0 fully saturated rings. The fourth-order valence-corrected chi connectivity index (χ4v) is 7.98. The highest BCUT2D eigenvalue weighted by atomic mass is 35.5. The van der Waals surface area contributed by atoms with Gasteiger partial charge in [0, 0.05) is 19.6 Å². The van der Waals surface area contributed by atoms with Crippen LogP contribution in [0, 0.1) is 23.5 Å². The van der Waals surface area contributed by atoms with E-state index in [4.69, 9.17) is 32.4 Å². The zero-order chi connectivity index (χ0) is 40.8. The lowest BCUT2D eigenvalue weighted by Gasteiger charge is -2.26. The maximum atomic E-state index is 13.9. The van der Waals surface area contributed by atoms with Gasteiger partial charge >= 0.3 is 10.1 Å². The van der Waals surface area contributed by atoms with E-state index in [9.17, 15) is 43.5 Å². The molecule has 5 N–H and O–H groups in total. The molecule has 0 spiro atoms. The third kappa shape index (κ3) is 7.80. The number of benzene rings is 3. The molecule has 4 aromatic rings. The summed E-state index contributed by atoms with van der Waals surface area (Å²) in [4.78, 5) is 20.7. The fourth-order valence-electron chi connectivity index (χ4n) is 5.79. The van der Waals surface area contributed by atoms with E-state index >= 15 is 0 Å². The second-order valence-corrected chi connectivity index (χ2v) is 15.4. The molecule has 0 saturated carbocycles. The van der Waals surface area contributed by atoms with Crippen molar-refractivity contribution >= 4 is 77.5 Å². The highest BCUT2D eigenvalue weighted by molar-refractivity contribution is 7.86. The number of anilines is 4. The van der Waals surface area contributed by atoms with Gasteiger partial charge in [-0.05, 0) is 43.0 Å². The molecule has 2 aromatic carbocycles. The van der Waals surface area contributed by atoms with E-state index in [0.29, 0.717) is 0 Å². The lowest BCUT2D eigenvalue weighted by atomic mass is 10.1. The zero-order valence-electron chi connectivity index (χ0n) is 28.3. The van der Waals surface area contributed by atoms with Crippen LogP contribution in [0.4, 0.5) is 40.6 Å². The van der Waals surface area contributed by atoms with Gasteiger partial charge in [0.1, 0.15) is 44.5 Å². The summed E-state index contributed by atoms with van der Waals surface area (Å²) in [5, 5.41) is 7.28. The summed E-state index contributed by atoms with van der Waals surface area (Å²) in [6, 6.07) is 5.33. The quantitative estimate of drug-likeness (QED) is 0.0303. The predicted molar refractivity (Wildman–Crippen MR) is 194 cm³/mol. The van der Waals surface area contributed by atoms with Crippen LogP contribution in [0.25, 0.3) is 22.6 Å². The molecule has 2 aliphatic heterocycles. The van der Waals surface area contributed by atoms with Crippen LogP contribution in [0.5, 0.6) is 11.5 Å². The number of hydrogen-bond acceptors (Lipinski definition) is 15. The first-order valence-corrected chi connectivity index (χ1v) is 19.8. The minimum absolute atomic E-state index is 0.00313. The van der Waals surface area contributed by atoms with Crippen molar-refractivity contribution in [1.29, 1.82) is 0 Å². The molecule has 0 unspecified atom stereocenters. The molecule has 2 aromatic heterocycles. The molecule has 0 amide bonds. The first-order valence-electron chi connectivity index (χ1n) is 16.2. The lowest BCUT2D eigenvalue weighted by Crippen LogP contribution is -2.19. The SMILES string of the molecule is O=S(=O)(O)c1c(CCCNc2ncnc(F)c2F)ccc2c1Oc1c(c(Cl)c3oc4c(S(=O)(=O)O)c(=NCCCNc5ncnc(F)c5F)ccc-4nc3c1Cl)N2. The molecule has 7 rings (SSSR count). The van der Waals surface area contributed by atoms with Crippen molar-refractivity contribution in [1.82, 2.24) is 24.9 Å². The average Bonchev–Trinajstić information content (AvgIpc) is 3.16. The van der Waals surface area contributed by atoms with E-state index in [1.165, 1.54) is 24.3 Å². The second kappa shape index (κ2) is 15.5. The Bertz CT molecular complexity index is 2870. The number of ether oxygens (including phenoxy) is 1. The van der Waals surface area contributed by atoms with Crippen LogP contribution >= 0.6 is 23.2 Å². The summed E-state index contributed by atoms with van der Waals surface area (Å²) >= 11 is 13.5. The molecule has 1 aliphatic carbocycles. The standard InChI is InChI=1S/C32H23Cl2F4N9O8S2/c33-17-22-26(55-24-15(47-22)6-7-16(28(24)57(51,52)53)39-9-2-10-41-32-20(36)30(38)43-12-45-32)18(34)21-25(17)54-23-14(46-21)5-4-13(27(23)56(48,49)50)3-1-8-40-31-19(35)29(37)42-11-44-31/h4-7,11-12,46H,1-3,8-10H2,(H,40,42,44)(H,41,43,45)(H,48,49,50)(H,51,52,53). The van der Waals surface area contributed by atoms with E-state index in [-0.39, 0.29) is 105 Å². The first kappa shape index (κ1) is 39.8. The molecule has 4 heterocycles. The highest BCUT2D eigenvalue weighted by Crippen LogP contribution is 2.54. The molecule has 17 nitrogen and oxygen atoms in total. The number of halogens is 6. The van der Waals surface area contributed by atoms with E-state index in [1.807, 2.05) is 0 Å². The second-order valence-electron chi connectivity index (χ2n) is 11.9. The summed E-state index contributed by atoms with van der Waals surface area (Å²) in [5.74, 6) is -7.12. The van der Waals surface area contributed by atoms with Crippen LogP contribution in [0.15, 0.2) is 56.1 Å². The topological polar surface area (TPSA) is 244 Å². The Balaban J connectivity index is 1.20. The molecule has 0 bridgehead atoms.